The number of carbonyl (C=O) groups excluding carboxylic acids is 1. The predicted octanol–water partition coefficient (Wildman–Crippen LogP) is 3.24. The summed E-state index contributed by atoms with van der Waals surface area (Å²) in [6.07, 6.45) is 0.475. The van der Waals surface area contributed by atoms with E-state index in [1.54, 1.807) is 16.7 Å². The number of nitrogens with one attached hydrogen (secondary N) is 1. The Bertz CT molecular complexity index is 714. The molecule has 0 radical (unpaired) electrons. The van der Waals surface area contributed by atoms with Crippen LogP contribution < -0.4 is 5.32 Å². The van der Waals surface area contributed by atoms with E-state index in [0.717, 1.165) is 11.9 Å². The zero-order chi connectivity index (χ0) is 15.1. The van der Waals surface area contributed by atoms with Gasteiger partial charge in [-0.15, -0.1) is 0 Å². The Morgan fingerprint density at radius 1 is 1.43 bits per heavy atom. The van der Waals surface area contributed by atoms with E-state index in [0.29, 0.717) is 28.1 Å². The van der Waals surface area contributed by atoms with Crippen LogP contribution in [0.4, 0.5) is 5.95 Å². The SMILES string of the molecule is C[C@@H]1CCO[C@@H]1C(=O)Nc1nc2cc(Cl)c(Cl)cc2n1C. The molecule has 1 aliphatic rings. The molecule has 1 aromatic heterocycles. The summed E-state index contributed by atoms with van der Waals surface area (Å²) in [6, 6.07) is 3.42. The third kappa shape index (κ3) is 2.61. The zero-order valence-electron chi connectivity index (χ0n) is 11.7. The highest BCUT2D eigenvalue weighted by Crippen LogP contribution is 2.29. The highest BCUT2D eigenvalue weighted by molar-refractivity contribution is 6.42. The summed E-state index contributed by atoms with van der Waals surface area (Å²) in [5, 5.41) is 3.71. The number of carbonyl (C=O) groups is 1. The van der Waals surface area contributed by atoms with Gasteiger partial charge < -0.3 is 9.30 Å². The highest BCUT2D eigenvalue weighted by atomic mass is 35.5. The number of amides is 1. The Morgan fingerprint density at radius 2 is 2.14 bits per heavy atom. The van der Waals surface area contributed by atoms with Crippen molar-refractivity contribution in [1.82, 2.24) is 9.55 Å². The number of aryl methyl sites for hydroxylation is 1. The Hall–Kier alpha value is -1.30. The Balaban J connectivity index is 1.90. The van der Waals surface area contributed by atoms with Crippen LogP contribution in [0.1, 0.15) is 13.3 Å². The van der Waals surface area contributed by atoms with Gasteiger partial charge in [0.25, 0.3) is 5.91 Å². The number of imidazole rings is 1. The molecule has 1 N–H and O–H groups in total. The fourth-order valence-electron chi connectivity index (χ4n) is 2.51. The van der Waals surface area contributed by atoms with Gasteiger partial charge in [0.15, 0.2) is 0 Å². The second-order valence-electron chi connectivity index (χ2n) is 5.30. The van der Waals surface area contributed by atoms with E-state index in [2.05, 4.69) is 10.3 Å². The van der Waals surface area contributed by atoms with Gasteiger partial charge in [0, 0.05) is 13.7 Å². The molecule has 7 heteroatoms. The normalized spacial score (nSPS) is 21.9. The fourth-order valence-corrected chi connectivity index (χ4v) is 2.83. The average molecular weight is 328 g/mol. The molecule has 0 unspecified atom stereocenters. The van der Waals surface area contributed by atoms with Crippen molar-refractivity contribution < 1.29 is 9.53 Å². The van der Waals surface area contributed by atoms with Gasteiger partial charge in [-0.25, -0.2) is 4.98 Å². The molecule has 0 aliphatic carbocycles. The number of aromatic nitrogens is 2. The lowest BCUT2D eigenvalue weighted by Crippen LogP contribution is -2.32. The first-order valence-electron chi connectivity index (χ1n) is 6.71. The van der Waals surface area contributed by atoms with Crippen molar-refractivity contribution in [3.05, 3.63) is 22.2 Å². The van der Waals surface area contributed by atoms with E-state index < -0.39 is 6.10 Å². The van der Waals surface area contributed by atoms with Crippen molar-refractivity contribution in [3.63, 3.8) is 0 Å². The summed E-state index contributed by atoms with van der Waals surface area (Å²) < 4.78 is 7.23. The summed E-state index contributed by atoms with van der Waals surface area (Å²) in [5.41, 5.74) is 1.49. The van der Waals surface area contributed by atoms with Crippen LogP contribution in [0.5, 0.6) is 0 Å². The summed E-state index contributed by atoms with van der Waals surface area (Å²) >= 11 is 12.0. The van der Waals surface area contributed by atoms with Crippen LogP contribution >= 0.6 is 23.2 Å². The van der Waals surface area contributed by atoms with E-state index in [1.165, 1.54) is 0 Å². The molecule has 0 bridgehead atoms. The third-order valence-electron chi connectivity index (χ3n) is 3.80. The quantitative estimate of drug-likeness (QED) is 0.921. The van der Waals surface area contributed by atoms with Gasteiger partial charge in [-0.2, -0.15) is 0 Å². The van der Waals surface area contributed by atoms with Gasteiger partial charge in [-0.1, -0.05) is 30.1 Å². The van der Waals surface area contributed by atoms with E-state index in [1.807, 2.05) is 14.0 Å². The van der Waals surface area contributed by atoms with Crippen LogP contribution in [-0.4, -0.2) is 28.2 Å². The highest BCUT2D eigenvalue weighted by Gasteiger charge is 2.31. The van der Waals surface area contributed by atoms with Crippen molar-refractivity contribution >= 4 is 46.1 Å². The van der Waals surface area contributed by atoms with Gasteiger partial charge >= 0.3 is 0 Å². The van der Waals surface area contributed by atoms with Crippen LogP contribution in [0.2, 0.25) is 10.0 Å². The molecule has 1 aromatic carbocycles. The van der Waals surface area contributed by atoms with Gasteiger partial charge in [0.2, 0.25) is 5.95 Å². The number of anilines is 1. The number of nitrogens with zero attached hydrogens (tertiary/aromatic N) is 2. The molecule has 1 saturated heterocycles. The topological polar surface area (TPSA) is 56.1 Å². The second-order valence-corrected chi connectivity index (χ2v) is 6.11. The lowest BCUT2D eigenvalue weighted by molar-refractivity contribution is -0.126. The lowest BCUT2D eigenvalue weighted by atomic mass is 10.0. The van der Waals surface area contributed by atoms with Gasteiger partial charge in [0.05, 0.1) is 21.1 Å². The van der Waals surface area contributed by atoms with Gasteiger partial charge in [-0.05, 0) is 24.5 Å². The first-order valence-corrected chi connectivity index (χ1v) is 7.47. The van der Waals surface area contributed by atoms with Crippen molar-refractivity contribution in [3.8, 4) is 0 Å². The molecule has 0 spiro atoms. The van der Waals surface area contributed by atoms with Gasteiger partial charge in [-0.3, -0.25) is 10.1 Å². The molecular formula is C14H15Cl2N3O2. The van der Waals surface area contributed by atoms with Crippen LogP contribution in [0.3, 0.4) is 0 Å². The number of ether oxygens (including phenoxy) is 1. The van der Waals surface area contributed by atoms with E-state index in [9.17, 15) is 4.79 Å². The molecule has 0 saturated carbocycles. The summed E-state index contributed by atoms with van der Waals surface area (Å²) in [5.74, 6) is 0.496. The Kier molecular flexibility index (Phi) is 3.82. The first-order chi connectivity index (χ1) is 9.97. The van der Waals surface area contributed by atoms with Crippen LogP contribution in [-0.2, 0) is 16.6 Å². The smallest absolute Gasteiger partial charge is 0.256 e. The summed E-state index contributed by atoms with van der Waals surface area (Å²) in [7, 11) is 1.81. The lowest BCUT2D eigenvalue weighted by Gasteiger charge is -2.14. The van der Waals surface area contributed by atoms with Crippen molar-refractivity contribution in [2.45, 2.75) is 19.4 Å². The number of hydrogen-bond donors (Lipinski definition) is 1. The molecule has 1 amide bonds. The molecular weight excluding hydrogens is 313 g/mol. The molecule has 2 heterocycles. The predicted molar refractivity (Wildman–Crippen MR) is 82.9 cm³/mol. The minimum absolute atomic E-state index is 0.171. The number of rotatable bonds is 2. The minimum atomic E-state index is -0.419. The van der Waals surface area contributed by atoms with Crippen molar-refractivity contribution in [2.24, 2.45) is 13.0 Å². The molecule has 5 nitrogen and oxygen atoms in total. The molecule has 2 atom stereocenters. The van der Waals surface area contributed by atoms with Crippen LogP contribution in [0.25, 0.3) is 11.0 Å². The Morgan fingerprint density at radius 3 is 2.81 bits per heavy atom. The van der Waals surface area contributed by atoms with Crippen molar-refractivity contribution in [2.75, 3.05) is 11.9 Å². The minimum Gasteiger partial charge on any atom is -0.368 e. The fraction of sp³-hybridized carbons (Fsp3) is 0.429. The molecule has 1 fully saturated rings. The third-order valence-corrected chi connectivity index (χ3v) is 4.53. The molecule has 3 rings (SSSR count). The summed E-state index contributed by atoms with van der Waals surface area (Å²) in [6.45, 7) is 2.62. The van der Waals surface area contributed by atoms with E-state index >= 15 is 0 Å². The number of benzene rings is 1. The number of hydrogen-bond acceptors (Lipinski definition) is 3. The Labute approximate surface area is 132 Å². The monoisotopic (exact) mass is 327 g/mol. The van der Waals surface area contributed by atoms with E-state index in [-0.39, 0.29) is 11.8 Å². The maximum atomic E-state index is 12.2. The molecule has 2 aromatic rings. The zero-order valence-corrected chi connectivity index (χ0v) is 13.2. The standard InChI is InChI=1S/C14H15Cl2N3O2/c1-7-3-4-21-12(7)13(20)18-14-17-10-5-8(15)9(16)6-11(10)19(14)2/h5-7,12H,3-4H2,1-2H3,(H,17,18,20)/t7-,12+/m1/s1. The number of halogens is 2. The average Bonchev–Trinajstić information content (AvgIpc) is 2.97. The molecule has 21 heavy (non-hydrogen) atoms. The van der Waals surface area contributed by atoms with E-state index in [4.69, 9.17) is 27.9 Å². The van der Waals surface area contributed by atoms with Gasteiger partial charge in [0.1, 0.15) is 6.10 Å². The van der Waals surface area contributed by atoms with Crippen LogP contribution in [0, 0.1) is 5.92 Å². The summed E-state index contributed by atoms with van der Waals surface area (Å²) in [4.78, 5) is 16.6. The maximum Gasteiger partial charge on any atom is 0.256 e. The first kappa shape index (κ1) is 14.6. The van der Waals surface area contributed by atoms with Crippen molar-refractivity contribution in [1.29, 1.82) is 0 Å². The second kappa shape index (κ2) is 5.48. The largest absolute Gasteiger partial charge is 0.368 e. The van der Waals surface area contributed by atoms with Crippen LogP contribution in [0.15, 0.2) is 12.1 Å². The molecule has 1 aliphatic heterocycles. The maximum absolute atomic E-state index is 12.2. The molecule has 112 valence electrons. The number of fused-ring (bicyclic) bond motifs is 1.